The number of sulfone groups is 1. The largest absolute Gasteiger partial charge is 0.493 e. The van der Waals surface area contributed by atoms with Crippen molar-refractivity contribution in [2.75, 3.05) is 14.2 Å². The van der Waals surface area contributed by atoms with Gasteiger partial charge in [0.15, 0.2) is 16.4 Å². The van der Waals surface area contributed by atoms with Gasteiger partial charge in [-0.25, -0.2) is 13.2 Å². The van der Waals surface area contributed by atoms with Crippen LogP contribution >= 0.6 is 0 Å². The van der Waals surface area contributed by atoms with Gasteiger partial charge in [0.05, 0.1) is 30.5 Å². The van der Waals surface area contributed by atoms with Gasteiger partial charge in [-0.1, -0.05) is 42.0 Å². The molecule has 0 N–H and O–H groups in total. The van der Waals surface area contributed by atoms with Crippen molar-refractivity contribution in [3.05, 3.63) is 89.1 Å². The van der Waals surface area contributed by atoms with Gasteiger partial charge in [0.1, 0.15) is 5.56 Å². The van der Waals surface area contributed by atoms with Crippen LogP contribution in [-0.4, -0.2) is 38.4 Å². The molecule has 0 aliphatic carbocycles. The maximum Gasteiger partial charge on any atom is 0.348 e. The highest BCUT2D eigenvalue weighted by Gasteiger charge is 2.33. The number of rotatable bonds is 7. The number of esters is 1. The van der Waals surface area contributed by atoms with Crippen LogP contribution in [0.5, 0.6) is 17.4 Å². The van der Waals surface area contributed by atoms with Crippen LogP contribution in [0.1, 0.15) is 27.2 Å². The minimum absolute atomic E-state index is 0.0598. The number of carbonyl (C=O) groups is 1. The monoisotopic (exact) mass is 506 g/mol. The molecule has 0 atom stereocenters. The van der Waals surface area contributed by atoms with Gasteiger partial charge in [-0.3, -0.25) is 0 Å². The molecule has 0 saturated heterocycles. The summed E-state index contributed by atoms with van der Waals surface area (Å²) < 4.78 is 45.3. The maximum atomic E-state index is 13.7. The Morgan fingerprint density at radius 2 is 1.61 bits per heavy atom. The predicted molar refractivity (Wildman–Crippen MR) is 134 cm³/mol. The van der Waals surface area contributed by atoms with Gasteiger partial charge in [-0.15, -0.1) is 0 Å². The van der Waals surface area contributed by atoms with Crippen LogP contribution in [-0.2, 0) is 9.84 Å². The van der Waals surface area contributed by atoms with Crippen molar-refractivity contribution in [3.8, 4) is 23.1 Å². The number of para-hydroxylation sites is 1. The number of hydrogen-bond donors (Lipinski definition) is 0. The molecule has 0 unspecified atom stereocenters. The minimum atomic E-state index is -4.08. The van der Waals surface area contributed by atoms with Crippen LogP contribution in [0.15, 0.2) is 76.5 Å². The normalized spacial score (nSPS) is 11.2. The van der Waals surface area contributed by atoms with Crippen LogP contribution < -0.4 is 14.2 Å². The molecule has 0 fully saturated rings. The van der Waals surface area contributed by atoms with Crippen LogP contribution in [0.3, 0.4) is 0 Å². The molecule has 1 heterocycles. The molecule has 8 nitrogen and oxygen atoms in total. The Balaban J connectivity index is 1.94. The molecule has 0 aliphatic heterocycles. The highest BCUT2D eigenvalue weighted by atomic mass is 32.2. The van der Waals surface area contributed by atoms with Gasteiger partial charge in [-0.2, -0.15) is 9.78 Å². The van der Waals surface area contributed by atoms with E-state index < -0.39 is 15.8 Å². The van der Waals surface area contributed by atoms with E-state index in [-0.39, 0.29) is 32.7 Å². The Kier molecular flexibility index (Phi) is 6.85. The third-order valence-electron chi connectivity index (χ3n) is 5.68. The number of benzene rings is 3. The molecule has 4 aromatic rings. The molecule has 0 saturated carbocycles. The first-order valence-corrected chi connectivity index (χ1v) is 12.6. The zero-order chi connectivity index (χ0) is 26.0. The molecule has 186 valence electrons. The molecule has 9 heteroatoms. The molecule has 36 heavy (non-hydrogen) atoms. The number of ether oxygens (including phenoxy) is 3. The van der Waals surface area contributed by atoms with Gasteiger partial charge < -0.3 is 14.2 Å². The molecule has 0 radical (unpaired) electrons. The first-order valence-electron chi connectivity index (χ1n) is 11.1. The summed E-state index contributed by atoms with van der Waals surface area (Å²) >= 11 is 0. The first-order chi connectivity index (χ1) is 17.2. The van der Waals surface area contributed by atoms with Crippen LogP contribution in [0, 0.1) is 20.8 Å². The Labute approximate surface area is 210 Å². The Bertz CT molecular complexity index is 1540. The minimum Gasteiger partial charge on any atom is -0.493 e. The molecule has 4 rings (SSSR count). The summed E-state index contributed by atoms with van der Waals surface area (Å²) in [7, 11) is -1.22. The van der Waals surface area contributed by atoms with Gasteiger partial charge in [0.2, 0.25) is 15.7 Å². The highest BCUT2D eigenvalue weighted by Crippen LogP contribution is 2.37. The van der Waals surface area contributed by atoms with Gasteiger partial charge in [0.25, 0.3) is 0 Å². The molecular formula is C27H26N2O6S. The number of carbonyl (C=O) groups excluding carboxylic acids is 1. The van der Waals surface area contributed by atoms with Crippen molar-refractivity contribution in [1.29, 1.82) is 0 Å². The Morgan fingerprint density at radius 3 is 2.25 bits per heavy atom. The first kappa shape index (κ1) is 25.0. The lowest BCUT2D eigenvalue weighted by Crippen LogP contribution is -2.16. The van der Waals surface area contributed by atoms with Crippen molar-refractivity contribution < 1.29 is 27.4 Å². The predicted octanol–water partition coefficient (Wildman–Crippen LogP) is 4.87. The van der Waals surface area contributed by atoms with E-state index >= 15 is 0 Å². The quantitative estimate of drug-likeness (QED) is 0.330. The third kappa shape index (κ3) is 4.45. The summed E-state index contributed by atoms with van der Waals surface area (Å²) in [5.41, 5.74) is 2.71. The van der Waals surface area contributed by atoms with E-state index in [0.29, 0.717) is 11.4 Å². The topological polar surface area (TPSA) is 96.7 Å². The fourth-order valence-electron chi connectivity index (χ4n) is 4.01. The maximum absolute atomic E-state index is 13.7. The lowest BCUT2D eigenvalue weighted by molar-refractivity contribution is 0.0714. The zero-order valence-electron chi connectivity index (χ0n) is 20.6. The lowest BCUT2D eigenvalue weighted by Gasteiger charge is -2.15. The summed E-state index contributed by atoms with van der Waals surface area (Å²) in [5.74, 6) is -0.519. The summed E-state index contributed by atoms with van der Waals surface area (Å²) in [6, 6.07) is 18.3. The second-order valence-electron chi connectivity index (χ2n) is 8.17. The molecule has 0 spiro atoms. The second kappa shape index (κ2) is 9.87. The summed E-state index contributed by atoms with van der Waals surface area (Å²) in [5, 5.41) is 4.49. The van der Waals surface area contributed by atoms with Crippen molar-refractivity contribution in [1.82, 2.24) is 9.78 Å². The Morgan fingerprint density at radius 1 is 0.889 bits per heavy atom. The molecular weight excluding hydrogens is 480 g/mol. The number of hydrogen-bond acceptors (Lipinski definition) is 7. The van der Waals surface area contributed by atoms with Crippen LogP contribution in [0.25, 0.3) is 5.69 Å². The Hall–Kier alpha value is -4.11. The standard InChI is InChI=1S/C27H26N2O6S/c1-17-14-15-22(18(2)16-17)29-26(35-27(30)21-12-9-13-23(33-4)24(21)34-5)25(19(3)28-29)36(31,32)20-10-7-6-8-11-20/h6-16H,1-5H3. The van der Waals surface area contributed by atoms with Crippen molar-refractivity contribution in [2.45, 2.75) is 30.6 Å². The number of aryl methyl sites for hydroxylation is 3. The number of aromatic nitrogens is 2. The van der Waals surface area contributed by atoms with Crippen LogP contribution in [0.2, 0.25) is 0 Å². The summed E-state index contributed by atoms with van der Waals surface area (Å²) in [4.78, 5) is 13.3. The van der Waals surface area contributed by atoms with Gasteiger partial charge in [0, 0.05) is 0 Å². The van der Waals surface area contributed by atoms with Gasteiger partial charge >= 0.3 is 5.97 Å². The fourth-order valence-corrected chi connectivity index (χ4v) is 5.54. The smallest absolute Gasteiger partial charge is 0.348 e. The SMILES string of the molecule is COc1cccc(C(=O)Oc2c(S(=O)(=O)c3ccccc3)c(C)nn2-c2ccc(C)cc2C)c1OC. The lowest BCUT2D eigenvalue weighted by atomic mass is 10.1. The average molecular weight is 507 g/mol. The number of methoxy groups -OCH3 is 2. The molecule has 3 aromatic carbocycles. The molecule has 0 bridgehead atoms. The van der Waals surface area contributed by atoms with Crippen LogP contribution in [0.4, 0.5) is 0 Å². The van der Waals surface area contributed by atoms with Crippen molar-refractivity contribution >= 4 is 15.8 Å². The van der Waals surface area contributed by atoms with Crippen molar-refractivity contribution in [2.24, 2.45) is 0 Å². The van der Waals surface area contributed by atoms with Crippen molar-refractivity contribution in [3.63, 3.8) is 0 Å². The highest BCUT2D eigenvalue weighted by molar-refractivity contribution is 7.91. The van der Waals surface area contributed by atoms with E-state index in [0.717, 1.165) is 11.1 Å². The summed E-state index contributed by atoms with van der Waals surface area (Å²) in [6.07, 6.45) is 0. The van der Waals surface area contributed by atoms with E-state index in [9.17, 15) is 13.2 Å². The van der Waals surface area contributed by atoms with E-state index in [1.54, 1.807) is 43.3 Å². The molecule has 0 aliphatic rings. The zero-order valence-corrected chi connectivity index (χ0v) is 21.4. The van der Waals surface area contributed by atoms with E-state index in [4.69, 9.17) is 14.2 Å². The van der Waals surface area contributed by atoms with Gasteiger partial charge in [-0.05, 0) is 56.7 Å². The third-order valence-corrected chi connectivity index (χ3v) is 7.58. The summed E-state index contributed by atoms with van der Waals surface area (Å²) in [6.45, 7) is 5.40. The second-order valence-corrected chi connectivity index (χ2v) is 10.1. The molecule has 1 aromatic heterocycles. The van der Waals surface area contributed by atoms with E-state index in [1.165, 1.54) is 37.1 Å². The molecule has 0 amide bonds. The number of nitrogens with zero attached hydrogens (tertiary/aromatic N) is 2. The fraction of sp³-hybridized carbons (Fsp3) is 0.185. The average Bonchev–Trinajstić information content (AvgIpc) is 3.19. The van der Waals surface area contributed by atoms with E-state index in [1.807, 2.05) is 26.0 Å². The van der Waals surface area contributed by atoms with E-state index in [2.05, 4.69) is 5.10 Å².